The Balaban J connectivity index is 1.54. The molecular weight excluding hydrogens is 432 g/mol. The predicted octanol–water partition coefficient (Wildman–Crippen LogP) is 5.02. The van der Waals surface area contributed by atoms with Crippen molar-refractivity contribution in [3.8, 4) is 22.6 Å². The molecule has 0 bridgehead atoms. The zero-order chi connectivity index (χ0) is 23.5. The molecule has 4 rings (SSSR count). The van der Waals surface area contributed by atoms with Gasteiger partial charge in [0.1, 0.15) is 5.69 Å². The second-order valence-electron chi connectivity index (χ2n) is 8.12. The molecule has 0 spiro atoms. The second-order valence-corrected chi connectivity index (χ2v) is 9.06. The number of amides is 1. The predicted molar refractivity (Wildman–Crippen MR) is 133 cm³/mol. The van der Waals surface area contributed by atoms with Crippen molar-refractivity contribution in [3.63, 3.8) is 0 Å². The van der Waals surface area contributed by atoms with E-state index < -0.39 is 0 Å². The molecule has 0 unspecified atom stereocenters. The van der Waals surface area contributed by atoms with Gasteiger partial charge in [0.25, 0.3) is 0 Å². The number of nitrogens with one attached hydrogen (secondary N) is 1. The minimum atomic E-state index is -0.0721. The molecule has 0 radical (unpaired) electrons. The molecule has 7 nitrogen and oxygen atoms in total. The van der Waals surface area contributed by atoms with Crippen molar-refractivity contribution >= 4 is 23.4 Å². The Morgan fingerprint density at radius 2 is 1.79 bits per heavy atom. The quantitative estimate of drug-likeness (QED) is 0.392. The van der Waals surface area contributed by atoms with Gasteiger partial charge in [-0.15, -0.1) is 10.2 Å². The van der Waals surface area contributed by atoms with Gasteiger partial charge in [-0.1, -0.05) is 47.7 Å². The third-order valence-corrected chi connectivity index (χ3v) is 6.52. The molecule has 0 aliphatic rings. The summed E-state index contributed by atoms with van der Waals surface area (Å²) in [6.07, 6.45) is 1.96. The van der Waals surface area contributed by atoms with E-state index in [1.807, 2.05) is 49.9 Å². The van der Waals surface area contributed by atoms with Crippen LogP contribution in [0.25, 0.3) is 22.6 Å². The van der Waals surface area contributed by atoms with E-state index in [1.54, 1.807) is 4.68 Å². The first-order chi connectivity index (χ1) is 15.9. The van der Waals surface area contributed by atoms with Gasteiger partial charge in [0.05, 0.1) is 11.3 Å². The first kappa shape index (κ1) is 22.8. The molecule has 0 saturated heterocycles. The van der Waals surface area contributed by atoms with E-state index in [0.29, 0.717) is 11.7 Å². The maximum atomic E-state index is 12.5. The van der Waals surface area contributed by atoms with Crippen LogP contribution in [-0.4, -0.2) is 36.2 Å². The van der Waals surface area contributed by atoms with Gasteiger partial charge in [0, 0.05) is 31.0 Å². The van der Waals surface area contributed by atoms with Crippen molar-refractivity contribution in [2.45, 2.75) is 39.4 Å². The summed E-state index contributed by atoms with van der Waals surface area (Å²) in [6.45, 7) is 8.89. The maximum Gasteiger partial charge on any atom is 0.234 e. The topological polar surface area (TPSA) is 77.6 Å². The van der Waals surface area contributed by atoms with Crippen LogP contribution in [0.15, 0.2) is 53.8 Å². The van der Waals surface area contributed by atoms with Crippen LogP contribution in [0, 0.1) is 20.8 Å². The lowest BCUT2D eigenvalue weighted by molar-refractivity contribution is -0.113. The van der Waals surface area contributed by atoms with Gasteiger partial charge in [-0.25, -0.2) is 0 Å². The minimum absolute atomic E-state index is 0.0721. The van der Waals surface area contributed by atoms with Gasteiger partial charge < -0.3 is 9.88 Å². The van der Waals surface area contributed by atoms with Gasteiger partial charge in [-0.05, 0) is 51.0 Å². The highest BCUT2D eigenvalue weighted by Gasteiger charge is 2.20. The molecule has 1 N–H and O–H groups in total. The highest BCUT2D eigenvalue weighted by Crippen LogP contribution is 2.32. The third-order valence-electron chi connectivity index (χ3n) is 5.55. The first-order valence-electron chi connectivity index (χ1n) is 10.9. The first-order valence-corrected chi connectivity index (χ1v) is 11.9. The van der Waals surface area contributed by atoms with Crippen LogP contribution in [0.4, 0.5) is 5.69 Å². The number of nitrogens with zero attached hydrogens (tertiary/aromatic N) is 5. The number of thioether (sulfide) groups is 1. The summed E-state index contributed by atoms with van der Waals surface area (Å²) in [5.41, 5.74) is 7.17. The molecule has 170 valence electrons. The Labute approximate surface area is 198 Å². The van der Waals surface area contributed by atoms with E-state index in [2.05, 4.69) is 58.7 Å². The average molecular weight is 461 g/mol. The SMILES string of the molecule is CCn1c(SCC(=O)Nc2ccc(C)c(C)c2)nnc1-c1cn(C)nc1-c1ccc(C)cc1. The molecule has 1 amide bonds. The summed E-state index contributed by atoms with van der Waals surface area (Å²) in [5, 5.41) is 17.2. The molecule has 2 aromatic carbocycles. The van der Waals surface area contributed by atoms with Crippen molar-refractivity contribution in [2.24, 2.45) is 7.05 Å². The molecule has 4 aromatic rings. The maximum absolute atomic E-state index is 12.5. The Morgan fingerprint density at radius 3 is 2.48 bits per heavy atom. The van der Waals surface area contributed by atoms with Gasteiger partial charge in [-0.2, -0.15) is 5.10 Å². The molecule has 8 heteroatoms. The molecule has 2 heterocycles. The highest BCUT2D eigenvalue weighted by atomic mass is 32.2. The van der Waals surface area contributed by atoms with Crippen LogP contribution in [0.5, 0.6) is 0 Å². The lowest BCUT2D eigenvalue weighted by Gasteiger charge is -2.09. The van der Waals surface area contributed by atoms with Crippen LogP contribution in [0.2, 0.25) is 0 Å². The Kier molecular flexibility index (Phi) is 6.65. The van der Waals surface area contributed by atoms with Crippen molar-refractivity contribution in [2.75, 3.05) is 11.1 Å². The normalized spacial score (nSPS) is 11.1. The van der Waals surface area contributed by atoms with Gasteiger partial charge >= 0.3 is 0 Å². The smallest absolute Gasteiger partial charge is 0.234 e. The van der Waals surface area contributed by atoms with E-state index >= 15 is 0 Å². The molecule has 2 aromatic heterocycles. The Morgan fingerprint density at radius 1 is 1.03 bits per heavy atom. The number of hydrogen-bond acceptors (Lipinski definition) is 5. The lowest BCUT2D eigenvalue weighted by atomic mass is 10.1. The summed E-state index contributed by atoms with van der Waals surface area (Å²) in [7, 11) is 1.90. The minimum Gasteiger partial charge on any atom is -0.325 e. The number of anilines is 1. The molecule has 0 aliphatic heterocycles. The molecule has 0 fully saturated rings. The van der Waals surface area contributed by atoms with Gasteiger partial charge in [-0.3, -0.25) is 9.48 Å². The van der Waals surface area contributed by atoms with Crippen molar-refractivity contribution < 1.29 is 4.79 Å². The fourth-order valence-electron chi connectivity index (χ4n) is 3.60. The Hall–Kier alpha value is -3.39. The zero-order valence-electron chi connectivity index (χ0n) is 19.6. The lowest BCUT2D eigenvalue weighted by Crippen LogP contribution is -2.14. The molecule has 0 atom stereocenters. The highest BCUT2D eigenvalue weighted by molar-refractivity contribution is 7.99. The standard InChI is InChI=1S/C25H28N6OS/c1-6-31-24(21-14-30(5)29-23(21)19-10-7-16(2)8-11-19)27-28-25(31)33-15-22(32)26-20-12-9-17(3)18(4)13-20/h7-14H,6,15H2,1-5H3,(H,26,32). The Bertz CT molecular complexity index is 1290. The molecule has 0 aliphatic carbocycles. The largest absolute Gasteiger partial charge is 0.325 e. The molecule has 0 saturated carbocycles. The fraction of sp³-hybridized carbons (Fsp3) is 0.280. The number of aromatic nitrogens is 5. The van der Waals surface area contributed by atoms with Crippen LogP contribution < -0.4 is 5.32 Å². The fourth-order valence-corrected chi connectivity index (χ4v) is 4.41. The van der Waals surface area contributed by atoms with Gasteiger partial charge in [0.15, 0.2) is 11.0 Å². The molecular formula is C25H28N6OS. The van der Waals surface area contributed by atoms with Gasteiger partial charge in [0.2, 0.25) is 5.91 Å². The second kappa shape index (κ2) is 9.62. The third kappa shape index (κ3) is 5.01. The summed E-state index contributed by atoms with van der Waals surface area (Å²) in [5.74, 6) is 0.929. The number of carbonyl (C=O) groups excluding carboxylic acids is 1. The van der Waals surface area contributed by atoms with E-state index in [9.17, 15) is 4.79 Å². The zero-order valence-corrected chi connectivity index (χ0v) is 20.4. The van der Waals surface area contributed by atoms with Crippen LogP contribution >= 0.6 is 11.8 Å². The average Bonchev–Trinajstić information content (AvgIpc) is 3.38. The van der Waals surface area contributed by atoms with Crippen LogP contribution in [0.3, 0.4) is 0 Å². The number of carbonyl (C=O) groups is 1. The number of benzene rings is 2. The van der Waals surface area contributed by atoms with Crippen molar-refractivity contribution in [1.82, 2.24) is 24.5 Å². The van der Waals surface area contributed by atoms with E-state index in [4.69, 9.17) is 0 Å². The summed E-state index contributed by atoms with van der Waals surface area (Å²) < 4.78 is 3.83. The number of rotatable bonds is 7. The van der Waals surface area contributed by atoms with E-state index in [1.165, 1.54) is 22.9 Å². The summed E-state index contributed by atoms with van der Waals surface area (Å²) in [4.78, 5) is 12.5. The summed E-state index contributed by atoms with van der Waals surface area (Å²) >= 11 is 1.38. The number of aryl methyl sites for hydroxylation is 4. The monoisotopic (exact) mass is 460 g/mol. The summed E-state index contributed by atoms with van der Waals surface area (Å²) in [6, 6.07) is 14.2. The van der Waals surface area contributed by atoms with Crippen LogP contribution in [-0.2, 0) is 18.4 Å². The van der Waals surface area contributed by atoms with E-state index in [0.717, 1.165) is 33.9 Å². The van der Waals surface area contributed by atoms with Crippen molar-refractivity contribution in [3.05, 3.63) is 65.4 Å². The number of hydrogen-bond donors (Lipinski definition) is 1. The van der Waals surface area contributed by atoms with Crippen LogP contribution in [0.1, 0.15) is 23.6 Å². The van der Waals surface area contributed by atoms with E-state index in [-0.39, 0.29) is 11.7 Å². The molecule has 33 heavy (non-hydrogen) atoms. The van der Waals surface area contributed by atoms with Crippen molar-refractivity contribution in [1.29, 1.82) is 0 Å².